The molecule has 0 radical (unpaired) electrons. The van der Waals surface area contributed by atoms with Crippen LogP contribution in [0, 0.1) is 12.8 Å². The lowest BCUT2D eigenvalue weighted by molar-refractivity contribution is -0.150. The summed E-state index contributed by atoms with van der Waals surface area (Å²) in [5.41, 5.74) is 5.80. The second kappa shape index (κ2) is 4.33. The average molecular weight is 288 g/mol. The van der Waals surface area contributed by atoms with Crippen LogP contribution in [0.15, 0.2) is 12.1 Å². The molecule has 0 N–H and O–H groups in total. The molecule has 2 aliphatic rings. The molecule has 3 rings (SSSR count). The third kappa shape index (κ3) is 1.92. The largest absolute Gasteiger partial charge is 0.344 e. The lowest BCUT2D eigenvalue weighted by Gasteiger charge is -2.32. The van der Waals surface area contributed by atoms with Crippen molar-refractivity contribution in [1.29, 1.82) is 0 Å². The monoisotopic (exact) mass is 288 g/mol. The predicted molar refractivity (Wildman–Crippen MR) is 85.7 cm³/mol. The van der Waals surface area contributed by atoms with Gasteiger partial charge in [-0.25, -0.2) is 0 Å². The lowest BCUT2D eigenvalue weighted by atomic mass is 9.71. The van der Waals surface area contributed by atoms with E-state index in [-0.39, 0.29) is 10.8 Å². The van der Waals surface area contributed by atoms with Crippen LogP contribution in [0.25, 0.3) is 0 Å². The standard InChI is InChI=1S/C19H28O2/c1-12-10-15-16(18(5,6)13(2)17(15,3)4)11-14(12)19(7)20-8-9-21-19/h10-11,13H,8-9H2,1-7H3/t13-/m0/s1. The number of rotatable bonds is 1. The van der Waals surface area contributed by atoms with Crippen LogP contribution in [-0.4, -0.2) is 13.2 Å². The van der Waals surface area contributed by atoms with E-state index in [2.05, 4.69) is 53.7 Å². The van der Waals surface area contributed by atoms with Crippen molar-refractivity contribution in [3.05, 3.63) is 34.4 Å². The van der Waals surface area contributed by atoms with Gasteiger partial charge in [-0.3, -0.25) is 0 Å². The summed E-state index contributed by atoms with van der Waals surface area (Å²) in [6.07, 6.45) is 0. The molecule has 0 amide bonds. The van der Waals surface area contributed by atoms with Gasteiger partial charge in [0, 0.05) is 5.56 Å². The summed E-state index contributed by atoms with van der Waals surface area (Å²) in [6.45, 7) is 17.4. The number of aryl methyl sites for hydroxylation is 1. The topological polar surface area (TPSA) is 18.5 Å². The van der Waals surface area contributed by atoms with Crippen molar-refractivity contribution >= 4 is 0 Å². The summed E-state index contributed by atoms with van der Waals surface area (Å²) >= 11 is 0. The van der Waals surface area contributed by atoms with Gasteiger partial charge in [-0.05, 0) is 53.4 Å². The first kappa shape index (κ1) is 15.1. The first-order valence-corrected chi connectivity index (χ1v) is 8.04. The Balaban J connectivity index is 2.21. The highest BCUT2D eigenvalue weighted by Crippen LogP contribution is 2.54. The Morgan fingerprint density at radius 3 is 1.86 bits per heavy atom. The van der Waals surface area contributed by atoms with Gasteiger partial charge in [-0.15, -0.1) is 0 Å². The number of benzene rings is 1. The first-order valence-electron chi connectivity index (χ1n) is 8.04. The summed E-state index contributed by atoms with van der Waals surface area (Å²) in [5, 5.41) is 0. The first-order chi connectivity index (χ1) is 9.60. The van der Waals surface area contributed by atoms with Crippen LogP contribution in [-0.2, 0) is 26.1 Å². The van der Waals surface area contributed by atoms with Gasteiger partial charge < -0.3 is 9.47 Å². The van der Waals surface area contributed by atoms with E-state index in [1.807, 2.05) is 6.92 Å². The zero-order valence-corrected chi connectivity index (χ0v) is 14.5. The fourth-order valence-electron chi connectivity index (χ4n) is 4.30. The normalized spacial score (nSPS) is 28.6. The highest BCUT2D eigenvalue weighted by Gasteiger charge is 2.49. The van der Waals surface area contributed by atoms with Crippen molar-refractivity contribution in [1.82, 2.24) is 0 Å². The number of ether oxygens (including phenoxy) is 2. The Kier molecular flexibility index (Phi) is 3.10. The van der Waals surface area contributed by atoms with E-state index in [9.17, 15) is 0 Å². The van der Waals surface area contributed by atoms with E-state index >= 15 is 0 Å². The van der Waals surface area contributed by atoms with Gasteiger partial charge in [-0.2, -0.15) is 0 Å². The fraction of sp³-hybridized carbons (Fsp3) is 0.684. The molecule has 1 aromatic rings. The summed E-state index contributed by atoms with van der Waals surface area (Å²) in [6, 6.07) is 4.72. The SMILES string of the molecule is Cc1cc2c(cc1C1(C)OCCO1)C(C)(C)[C@@H](C)C2(C)C. The minimum Gasteiger partial charge on any atom is -0.344 e. The Labute approximate surface area is 128 Å². The molecule has 0 unspecified atom stereocenters. The summed E-state index contributed by atoms with van der Waals surface area (Å²) in [7, 11) is 0. The zero-order chi connectivity index (χ0) is 15.6. The molecule has 116 valence electrons. The van der Waals surface area contributed by atoms with E-state index in [0.29, 0.717) is 19.1 Å². The van der Waals surface area contributed by atoms with Crippen LogP contribution in [0.5, 0.6) is 0 Å². The van der Waals surface area contributed by atoms with Gasteiger partial charge >= 0.3 is 0 Å². The average Bonchev–Trinajstić information content (AvgIpc) is 2.88. The maximum atomic E-state index is 5.89. The Hall–Kier alpha value is -0.860. The molecule has 1 saturated heterocycles. The lowest BCUT2D eigenvalue weighted by Crippen LogP contribution is -2.30. The minimum absolute atomic E-state index is 0.177. The van der Waals surface area contributed by atoms with Gasteiger partial charge in [0.1, 0.15) is 0 Å². The molecule has 1 aromatic carbocycles. The van der Waals surface area contributed by atoms with Crippen molar-refractivity contribution in [2.45, 2.75) is 65.1 Å². The van der Waals surface area contributed by atoms with Crippen LogP contribution in [0.3, 0.4) is 0 Å². The van der Waals surface area contributed by atoms with Crippen molar-refractivity contribution in [2.24, 2.45) is 5.92 Å². The molecule has 1 aliphatic carbocycles. The predicted octanol–water partition coefficient (Wildman–Crippen LogP) is 4.42. The van der Waals surface area contributed by atoms with Crippen molar-refractivity contribution in [3.8, 4) is 0 Å². The molecule has 1 heterocycles. The molecule has 2 nitrogen and oxygen atoms in total. The van der Waals surface area contributed by atoms with E-state index in [4.69, 9.17) is 9.47 Å². The van der Waals surface area contributed by atoms with Crippen molar-refractivity contribution in [3.63, 3.8) is 0 Å². The van der Waals surface area contributed by atoms with E-state index in [0.717, 1.165) is 0 Å². The van der Waals surface area contributed by atoms with Gasteiger partial charge in [0.2, 0.25) is 0 Å². The van der Waals surface area contributed by atoms with Gasteiger partial charge in [0.15, 0.2) is 5.79 Å². The molecule has 0 spiro atoms. The van der Waals surface area contributed by atoms with E-state index in [1.165, 1.54) is 22.3 Å². The van der Waals surface area contributed by atoms with Crippen LogP contribution in [0.4, 0.5) is 0 Å². The summed E-state index contributed by atoms with van der Waals surface area (Å²) in [4.78, 5) is 0. The second-order valence-electron chi connectivity index (χ2n) is 8.02. The molecule has 1 fully saturated rings. The second-order valence-corrected chi connectivity index (χ2v) is 8.02. The van der Waals surface area contributed by atoms with E-state index < -0.39 is 5.79 Å². The minimum atomic E-state index is -0.578. The molecular formula is C19H28O2. The summed E-state index contributed by atoms with van der Waals surface area (Å²) in [5.74, 6) is 0.0263. The highest BCUT2D eigenvalue weighted by atomic mass is 16.7. The molecule has 0 saturated carbocycles. The number of hydrogen-bond acceptors (Lipinski definition) is 2. The Bertz CT molecular complexity index is 577. The van der Waals surface area contributed by atoms with Gasteiger partial charge in [-0.1, -0.05) is 40.7 Å². The molecule has 0 bridgehead atoms. The quantitative estimate of drug-likeness (QED) is 0.761. The van der Waals surface area contributed by atoms with Gasteiger partial charge in [0.25, 0.3) is 0 Å². The maximum absolute atomic E-state index is 5.89. The maximum Gasteiger partial charge on any atom is 0.192 e. The highest BCUT2D eigenvalue weighted by molar-refractivity contribution is 5.51. The van der Waals surface area contributed by atoms with Crippen LogP contribution < -0.4 is 0 Å². The fourth-order valence-corrected chi connectivity index (χ4v) is 4.30. The summed E-state index contributed by atoms with van der Waals surface area (Å²) < 4.78 is 11.8. The molecule has 21 heavy (non-hydrogen) atoms. The van der Waals surface area contributed by atoms with Crippen LogP contribution in [0.2, 0.25) is 0 Å². The van der Waals surface area contributed by atoms with Crippen LogP contribution >= 0.6 is 0 Å². The molecule has 1 aliphatic heterocycles. The molecule has 2 heteroatoms. The number of hydrogen-bond donors (Lipinski definition) is 0. The molecule has 1 atom stereocenters. The zero-order valence-electron chi connectivity index (χ0n) is 14.5. The third-order valence-corrected chi connectivity index (χ3v) is 6.25. The van der Waals surface area contributed by atoms with E-state index in [1.54, 1.807) is 0 Å². The van der Waals surface area contributed by atoms with Gasteiger partial charge in [0.05, 0.1) is 13.2 Å². The molecular weight excluding hydrogens is 260 g/mol. The smallest absolute Gasteiger partial charge is 0.192 e. The van der Waals surface area contributed by atoms with Crippen LogP contribution in [0.1, 0.15) is 63.8 Å². The molecule has 0 aromatic heterocycles. The number of fused-ring (bicyclic) bond motifs is 1. The van der Waals surface area contributed by atoms with Crippen molar-refractivity contribution in [2.75, 3.05) is 13.2 Å². The Morgan fingerprint density at radius 2 is 1.33 bits per heavy atom. The Morgan fingerprint density at radius 1 is 0.857 bits per heavy atom. The third-order valence-electron chi connectivity index (χ3n) is 6.25. The van der Waals surface area contributed by atoms with Crippen molar-refractivity contribution < 1.29 is 9.47 Å².